The molecule has 1 aromatic heterocycles. The predicted octanol–water partition coefficient (Wildman–Crippen LogP) is 4.95. The molecule has 0 atom stereocenters. The number of amides is 1. The lowest BCUT2D eigenvalue weighted by Gasteiger charge is -2.07. The molecule has 0 fully saturated rings. The van der Waals surface area contributed by atoms with Gasteiger partial charge in [0.2, 0.25) is 0 Å². The Morgan fingerprint density at radius 2 is 1.86 bits per heavy atom. The van der Waals surface area contributed by atoms with Crippen LogP contribution in [0.2, 0.25) is 0 Å². The summed E-state index contributed by atoms with van der Waals surface area (Å²) in [6.07, 6.45) is -3.73. The Morgan fingerprint density at radius 1 is 1.10 bits per heavy atom. The summed E-state index contributed by atoms with van der Waals surface area (Å²) >= 11 is 0.379. The minimum atomic E-state index is -4.57. The first kappa shape index (κ1) is 19.2. The summed E-state index contributed by atoms with van der Waals surface area (Å²) < 4.78 is 40.5. The standard InChI is InChI=1S/C21H16F3N3OS/c22-21(23,24)18-15(12-4-2-1-3-5-12)11-17(29-18)20(28)27-19(25)14-6-7-16-13(10-14)8-9-26-16/h1-7,10-11,26H,8-9H2,(H2,25,27,28). The highest BCUT2D eigenvalue weighted by Gasteiger charge is 2.37. The van der Waals surface area contributed by atoms with Gasteiger partial charge in [0.25, 0.3) is 5.91 Å². The highest BCUT2D eigenvalue weighted by atomic mass is 32.1. The molecule has 0 saturated carbocycles. The number of hydrogen-bond acceptors (Lipinski definition) is 3. The molecule has 3 aromatic rings. The molecule has 3 N–H and O–H groups in total. The van der Waals surface area contributed by atoms with Crippen LogP contribution in [0.1, 0.15) is 25.7 Å². The monoisotopic (exact) mass is 415 g/mol. The van der Waals surface area contributed by atoms with Crippen LogP contribution in [0, 0.1) is 0 Å². The number of hydrogen-bond donors (Lipinski definition) is 2. The lowest BCUT2D eigenvalue weighted by molar-refractivity contribution is -0.133. The maximum atomic E-state index is 13.5. The number of carbonyl (C=O) groups excluding carboxylic acids is 1. The van der Waals surface area contributed by atoms with Gasteiger partial charge in [0.1, 0.15) is 10.7 Å². The van der Waals surface area contributed by atoms with Crippen LogP contribution in [0.15, 0.2) is 59.6 Å². The van der Waals surface area contributed by atoms with E-state index in [0.29, 0.717) is 22.5 Å². The van der Waals surface area contributed by atoms with E-state index in [-0.39, 0.29) is 16.3 Å². The van der Waals surface area contributed by atoms with Crippen molar-refractivity contribution in [3.8, 4) is 11.1 Å². The number of aliphatic imine (C=N–C) groups is 1. The van der Waals surface area contributed by atoms with Gasteiger partial charge >= 0.3 is 6.18 Å². The summed E-state index contributed by atoms with van der Waals surface area (Å²) in [7, 11) is 0. The largest absolute Gasteiger partial charge is 0.426 e. The molecule has 1 aliphatic rings. The summed E-state index contributed by atoms with van der Waals surface area (Å²) in [5.41, 5.74) is 8.95. The third kappa shape index (κ3) is 3.88. The number of rotatable bonds is 3. The lowest BCUT2D eigenvalue weighted by atomic mass is 10.1. The molecule has 4 rings (SSSR count). The molecule has 0 bridgehead atoms. The molecule has 0 unspecified atom stereocenters. The summed E-state index contributed by atoms with van der Waals surface area (Å²) in [5, 5.41) is 3.22. The van der Waals surface area contributed by atoms with Gasteiger partial charge in [-0.25, -0.2) is 0 Å². The first-order valence-corrected chi connectivity index (χ1v) is 9.66. The molecule has 4 nitrogen and oxygen atoms in total. The maximum Gasteiger partial charge on any atom is 0.426 e. The van der Waals surface area contributed by atoms with Crippen LogP contribution in [0.4, 0.5) is 18.9 Å². The number of halogens is 3. The second-order valence-electron chi connectivity index (χ2n) is 6.57. The van der Waals surface area contributed by atoms with Gasteiger partial charge in [-0.05, 0) is 41.8 Å². The highest BCUT2D eigenvalue weighted by Crippen LogP contribution is 2.43. The van der Waals surface area contributed by atoms with E-state index < -0.39 is 17.0 Å². The quantitative estimate of drug-likeness (QED) is 0.470. The number of fused-ring (bicyclic) bond motifs is 1. The van der Waals surface area contributed by atoms with E-state index in [4.69, 9.17) is 5.73 Å². The van der Waals surface area contributed by atoms with Crippen LogP contribution in [-0.2, 0) is 12.6 Å². The molecule has 1 aliphatic heterocycles. The zero-order valence-corrected chi connectivity index (χ0v) is 15.9. The normalized spacial score (nSPS) is 13.8. The van der Waals surface area contributed by atoms with Gasteiger partial charge in [0, 0.05) is 23.4 Å². The zero-order valence-electron chi connectivity index (χ0n) is 15.1. The van der Waals surface area contributed by atoms with E-state index in [0.717, 1.165) is 24.2 Å². The fraction of sp³-hybridized carbons (Fsp3) is 0.143. The Morgan fingerprint density at radius 3 is 2.59 bits per heavy atom. The summed E-state index contributed by atoms with van der Waals surface area (Å²) in [4.78, 5) is 15.5. The zero-order chi connectivity index (χ0) is 20.6. The Hall–Kier alpha value is -3.13. The predicted molar refractivity (Wildman–Crippen MR) is 108 cm³/mol. The van der Waals surface area contributed by atoms with Gasteiger partial charge in [-0.2, -0.15) is 18.2 Å². The lowest BCUT2D eigenvalue weighted by Crippen LogP contribution is -2.15. The highest BCUT2D eigenvalue weighted by molar-refractivity contribution is 7.14. The number of carbonyl (C=O) groups is 1. The van der Waals surface area contributed by atoms with E-state index in [1.54, 1.807) is 36.4 Å². The van der Waals surface area contributed by atoms with Gasteiger partial charge in [0.15, 0.2) is 0 Å². The molecule has 0 radical (unpaired) electrons. The minimum absolute atomic E-state index is 0.0204. The Kier molecular flexibility index (Phi) is 4.87. The molecule has 2 aromatic carbocycles. The average Bonchev–Trinajstić information content (AvgIpc) is 3.35. The number of benzene rings is 2. The van der Waals surface area contributed by atoms with E-state index in [1.807, 2.05) is 12.1 Å². The molecule has 1 amide bonds. The van der Waals surface area contributed by atoms with Crippen molar-refractivity contribution in [2.75, 3.05) is 11.9 Å². The third-order valence-corrected chi connectivity index (χ3v) is 5.79. The fourth-order valence-corrected chi connectivity index (χ4v) is 4.16. The second-order valence-corrected chi connectivity index (χ2v) is 7.62. The number of nitrogens with zero attached hydrogens (tertiary/aromatic N) is 1. The van der Waals surface area contributed by atoms with Crippen LogP contribution in [0.25, 0.3) is 11.1 Å². The molecule has 8 heteroatoms. The molecular formula is C21H16F3N3OS. The molecule has 0 spiro atoms. The maximum absolute atomic E-state index is 13.5. The SMILES string of the molecule is NC(=NC(=O)c1cc(-c2ccccc2)c(C(F)(F)F)s1)c1ccc2c(c1)CCN2. The van der Waals surface area contributed by atoms with Gasteiger partial charge in [-0.3, -0.25) is 4.79 Å². The first-order chi connectivity index (χ1) is 13.8. The topological polar surface area (TPSA) is 67.5 Å². The molecule has 148 valence electrons. The van der Waals surface area contributed by atoms with Crippen molar-refractivity contribution in [3.05, 3.63) is 75.5 Å². The average molecular weight is 415 g/mol. The number of anilines is 1. The fourth-order valence-electron chi connectivity index (χ4n) is 3.23. The van der Waals surface area contributed by atoms with Gasteiger partial charge in [0.05, 0.1) is 4.88 Å². The Labute approximate surface area is 168 Å². The van der Waals surface area contributed by atoms with Crippen LogP contribution in [0.3, 0.4) is 0 Å². The van der Waals surface area contributed by atoms with Crippen molar-refractivity contribution in [2.45, 2.75) is 12.6 Å². The van der Waals surface area contributed by atoms with E-state index >= 15 is 0 Å². The van der Waals surface area contributed by atoms with Crippen molar-refractivity contribution in [3.63, 3.8) is 0 Å². The van der Waals surface area contributed by atoms with Crippen molar-refractivity contribution in [1.82, 2.24) is 0 Å². The van der Waals surface area contributed by atoms with Crippen LogP contribution in [-0.4, -0.2) is 18.3 Å². The second kappa shape index (κ2) is 7.36. The number of alkyl halides is 3. The van der Waals surface area contributed by atoms with Gasteiger partial charge in [-0.1, -0.05) is 30.3 Å². The van der Waals surface area contributed by atoms with E-state index in [9.17, 15) is 18.0 Å². The number of nitrogens with two attached hydrogens (primary N) is 1. The van der Waals surface area contributed by atoms with E-state index in [2.05, 4.69) is 10.3 Å². The summed E-state index contributed by atoms with van der Waals surface area (Å²) in [6.45, 7) is 0.826. The van der Waals surface area contributed by atoms with Crippen LogP contribution >= 0.6 is 11.3 Å². The molecule has 0 aliphatic carbocycles. The molecular weight excluding hydrogens is 399 g/mol. The van der Waals surface area contributed by atoms with Crippen molar-refractivity contribution in [2.24, 2.45) is 10.7 Å². The van der Waals surface area contributed by atoms with E-state index in [1.165, 1.54) is 6.07 Å². The number of thiophene rings is 1. The summed E-state index contributed by atoms with van der Waals surface area (Å²) in [6, 6.07) is 14.8. The molecule has 2 heterocycles. The van der Waals surface area contributed by atoms with Crippen LogP contribution in [0.5, 0.6) is 0 Å². The van der Waals surface area contributed by atoms with Crippen molar-refractivity contribution < 1.29 is 18.0 Å². The number of nitrogens with one attached hydrogen (secondary N) is 1. The molecule has 29 heavy (non-hydrogen) atoms. The Balaban J connectivity index is 1.68. The van der Waals surface area contributed by atoms with Crippen molar-refractivity contribution in [1.29, 1.82) is 0 Å². The summed E-state index contributed by atoms with van der Waals surface area (Å²) in [5.74, 6) is -0.813. The first-order valence-electron chi connectivity index (χ1n) is 8.85. The van der Waals surface area contributed by atoms with Crippen LogP contribution < -0.4 is 11.1 Å². The van der Waals surface area contributed by atoms with Gasteiger partial charge < -0.3 is 11.1 Å². The Bertz CT molecular complexity index is 1100. The van der Waals surface area contributed by atoms with Crippen molar-refractivity contribution >= 4 is 28.8 Å². The minimum Gasteiger partial charge on any atom is -0.384 e. The third-order valence-electron chi connectivity index (χ3n) is 4.62. The number of amidine groups is 1. The smallest absolute Gasteiger partial charge is 0.384 e. The molecule has 0 saturated heterocycles. The van der Waals surface area contributed by atoms with Gasteiger partial charge in [-0.15, -0.1) is 11.3 Å².